The first kappa shape index (κ1) is 13.8. The maximum atomic E-state index is 12.9. The molecule has 0 radical (unpaired) electrons. The zero-order valence-electron chi connectivity index (χ0n) is 10.6. The monoisotopic (exact) mass is 267 g/mol. The van der Waals surface area contributed by atoms with Gasteiger partial charge in [-0.05, 0) is 25.0 Å². The van der Waals surface area contributed by atoms with Crippen LogP contribution in [0.4, 0.5) is 4.39 Å². The molecule has 4 nitrogen and oxygen atoms in total. The molecular formula is C14H18FNO3. The molecule has 1 saturated carbocycles. The summed E-state index contributed by atoms with van der Waals surface area (Å²) in [7, 11) is 0. The largest absolute Gasteiger partial charge is 0.484 e. The van der Waals surface area contributed by atoms with Gasteiger partial charge in [0.1, 0.15) is 11.6 Å². The summed E-state index contributed by atoms with van der Waals surface area (Å²) < 4.78 is 18.1. The highest BCUT2D eigenvalue weighted by Gasteiger charge is 2.24. The Morgan fingerprint density at radius 1 is 1.42 bits per heavy atom. The van der Waals surface area contributed by atoms with Crippen LogP contribution in [0.2, 0.25) is 0 Å². The molecule has 2 rings (SSSR count). The van der Waals surface area contributed by atoms with Gasteiger partial charge in [-0.15, -0.1) is 0 Å². The second kappa shape index (κ2) is 6.52. The lowest BCUT2D eigenvalue weighted by Crippen LogP contribution is -2.46. The molecule has 2 N–H and O–H groups in total. The molecular weight excluding hydrogens is 249 g/mol. The number of hydrogen-bond acceptors (Lipinski definition) is 3. The van der Waals surface area contributed by atoms with Crippen molar-refractivity contribution in [1.29, 1.82) is 0 Å². The van der Waals surface area contributed by atoms with Crippen molar-refractivity contribution in [3.63, 3.8) is 0 Å². The van der Waals surface area contributed by atoms with Crippen LogP contribution in [0.5, 0.6) is 5.75 Å². The molecule has 0 spiro atoms. The minimum absolute atomic E-state index is 0.174. The van der Waals surface area contributed by atoms with E-state index in [4.69, 9.17) is 4.74 Å². The quantitative estimate of drug-likeness (QED) is 0.871. The van der Waals surface area contributed by atoms with E-state index in [2.05, 4.69) is 5.32 Å². The van der Waals surface area contributed by atoms with Crippen LogP contribution >= 0.6 is 0 Å². The Bertz CT molecular complexity index is 438. The Kier molecular flexibility index (Phi) is 4.74. The summed E-state index contributed by atoms with van der Waals surface area (Å²) in [5.41, 5.74) is 0. The van der Waals surface area contributed by atoms with E-state index in [1.54, 1.807) is 6.07 Å². The van der Waals surface area contributed by atoms with Gasteiger partial charge in [-0.1, -0.05) is 18.9 Å². The Labute approximate surface area is 111 Å². The van der Waals surface area contributed by atoms with Crippen LogP contribution in [-0.4, -0.2) is 29.8 Å². The van der Waals surface area contributed by atoms with Gasteiger partial charge >= 0.3 is 0 Å². The number of carbonyl (C=O) groups is 1. The van der Waals surface area contributed by atoms with E-state index in [-0.39, 0.29) is 18.6 Å². The van der Waals surface area contributed by atoms with Crippen molar-refractivity contribution in [3.05, 3.63) is 30.1 Å². The summed E-state index contributed by atoms with van der Waals surface area (Å²) in [5.74, 6) is -0.379. The lowest BCUT2D eigenvalue weighted by Gasteiger charge is -2.28. The maximum absolute atomic E-state index is 12.9. The second-order valence-corrected chi connectivity index (χ2v) is 4.77. The number of carbonyl (C=O) groups excluding carboxylic acids is 1. The highest BCUT2D eigenvalue weighted by molar-refractivity contribution is 5.77. The van der Waals surface area contributed by atoms with Crippen LogP contribution in [0.1, 0.15) is 25.7 Å². The van der Waals surface area contributed by atoms with E-state index in [1.165, 1.54) is 18.2 Å². The zero-order valence-corrected chi connectivity index (χ0v) is 10.6. The first-order chi connectivity index (χ1) is 9.15. The fourth-order valence-electron chi connectivity index (χ4n) is 2.23. The molecule has 0 heterocycles. The molecule has 2 atom stereocenters. The van der Waals surface area contributed by atoms with E-state index in [9.17, 15) is 14.3 Å². The molecule has 0 aromatic heterocycles. The summed E-state index contributed by atoms with van der Waals surface area (Å²) in [6.07, 6.45) is 3.02. The maximum Gasteiger partial charge on any atom is 0.258 e. The van der Waals surface area contributed by atoms with Crippen molar-refractivity contribution in [2.24, 2.45) is 0 Å². The van der Waals surface area contributed by atoms with Crippen molar-refractivity contribution >= 4 is 5.91 Å². The van der Waals surface area contributed by atoms with Gasteiger partial charge in [-0.3, -0.25) is 4.79 Å². The Morgan fingerprint density at radius 3 is 2.95 bits per heavy atom. The van der Waals surface area contributed by atoms with Crippen molar-refractivity contribution < 1.29 is 19.0 Å². The van der Waals surface area contributed by atoms with Crippen molar-refractivity contribution in [2.75, 3.05) is 6.61 Å². The van der Waals surface area contributed by atoms with Gasteiger partial charge < -0.3 is 15.2 Å². The number of halogens is 1. The van der Waals surface area contributed by atoms with Gasteiger partial charge in [0.25, 0.3) is 5.91 Å². The van der Waals surface area contributed by atoms with Crippen molar-refractivity contribution in [1.82, 2.24) is 5.32 Å². The van der Waals surface area contributed by atoms with E-state index >= 15 is 0 Å². The third-order valence-electron chi connectivity index (χ3n) is 3.24. The van der Waals surface area contributed by atoms with Gasteiger partial charge in [0.2, 0.25) is 0 Å². The first-order valence-corrected chi connectivity index (χ1v) is 6.51. The van der Waals surface area contributed by atoms with Gasteiger partial charge in [0, 0.05) is 6.07 Å². The molecule has 1 fully saturated rings. The minimum atomic E-state index is -0.480. The van der Waals surface area contributed by atoms with Gasteiger partial charge in [-0.2, -0.15) is 0 Å². The van der Waals surface area contributed by atoms with Crippen LogP contribution in [-0.2, 0) is 4.79 Å². The van der Waals surface area contributed by atoms with Crippen LogP contribution in [0.15, 0.2) is 24.3 Å². The SMILES string of the molecule is O=C(COc1cccc(F)c1)NC1CCCCC1O. The van der Waals surface area contributed by atoms with Crippen LogP contribution in [0, 0.1) is 5.82 Å². The number of ether oxygens (including phenoxy) is 1. The second-order valence-electron chi connectivity index (χ2n) is 4.77. The molecule has 19 heavy (non-hydrogen) atoms. The Morgan fingerprint density at radius 2 is 2.21 bits per heavy atom. The number of hydrogen-bond donors (Lipinski definition) is 2. The summed E-state index contributed by atoms with van der Waals surface area (Å²) in [6, 6.07) is 5.45. The minimum Gasteiger partial charge on any atom is -0.484 e. The molecule has 1 aliphatic carbocycles. The molecule has 1 aromatic rings. The average Bonchev–Trinajstić information content (AvgIpc) is 2.39. The topological polar surface area (TPSA) is 58.6 Å². The molecule has 1 amide bonds. The first-order valence-electron chi connectivity index (χ1n) is 6.51. The zero-order chi connectivity index (χ0) is 13.7. The lowest BCUT2D eigenvalue weighted by molar-refractivity contribution is -0.125. The smallest absolute Gasteiger partial charge is 0.258 e. The highest BCUT2D eigenvalue weighted by Crippen LogP contribution is 2.18. The third-order valence-corrected chi connectivity index (χ3v) is 3.24. The van der Waals surface area contributed by atoms with E-state index in [0.29, 0.717) is 5.75 Å². The number of benzene rings is 1. The predicted octanol–water partition coefficient (Wildman–Crippen LogP) is 1.62. The molecule has 1 aromatic carbocycles. The third kappa shape index (κ3) is 4.21. The summed E-state index contributed by atoms with van der Waals surface area (Å²) in [5, 5.41) is 12.5. The summed E-state index contributed by atoms with van der Waals surface area (Å²) >= 11 is 0. The fourth-order valence-corrected chi connectivity index (χ4v) is 2.23. The van der Waals surface area contributed by atoms with Gasteiger partial charge in [0.05, 0.1) is 12.1 Å². The predicted molar refractivity (Wildman–Crippen MR) is 68.3 cm³/mol. The van der Waals surface area contributed by atoms with Crippen LogP contribution in [0.3, 0.4) is 0 Å². The number of aliphatic hydroxyl groups excluding tert-OH is 1. The van der Waals surface area contributed by atoms with E-state index in [0.717, 1.165) is 25.7 Å². The molecule has 2 unspecified atom stereocenters. The molecule has 0 aliphatic heterocycles. The number of aliphatic hydroxyl groups is 1. The lowest BCUT2D eigenvalue weighted by atomic mass is 9.92. The molecule has 0 bridgehead atoms. The summed E-state index contributed by atoms with van der Waals surface area (Å²) in [4.78, 5) is 11.7. The van der Waals surface area contributed by atoms with Gasteiger partial charge in [-0.25, -0.2) is 4.39 Å². The molecule has 104 valence electrons. The molecule has 5 heteroatoms. The number of amides is 1. The molecule has 0 saturated heterocycles. The van der Waals surface area contributed by atoms with Crippen LogP contribution in [0.25, 0.3) is 0 Å². The number of rotatable bonds is 4. The normalized spacial score (nSPS) is 22.8. The Hall–Kier alpha value is -1.62. The highest BCUT2D eigenvalue weighted by atomic mass is 19.1. The standard InChI is InChI=1S/C14H18FNO3/c15-10-4-3-5-11(8-10)19-9-14(18)16-12-6-1-2-7-13(12)17/h3-5,8,12-13,17H,1-2,6-7,9H2,(H,16,18). The van der Waals surface area contributed by atoms with E-state index in [1.807, 2.05) is 0 Å². The van der Waals surface area contributed by atoms with E-state index < -0.39 is 11.9 Å². The number of nitrogens with one attached hydrogen (secondary N) is 1. The average molecular weight is 267 g/mol. The van der Waals surface area contributed by atoms with Crippen LogP contribution < -0.4 is 10.1 Å². The fraction of sp³-hybridized carbons (Fsp3) is 0.500. The van der Waals surface area contributed by atoms with Crippen molar-refractivity contribution in [2.45, 2.75) is 37.8 Å². The molecule has 1 aliphatic rings. The van der Waals surface area contributed by atoms with Crippen molar-refractivity contribution in [3.8, 4) is 5.75 Å². The Balaban J connectivity index is 1.78. The summed E-state index contributed by atoms with van der Waals surface area (Å²) in [6.45, 7) is -0.174. The van der Waals surface area contributed by atoms with Gasteiger partial charge in [0.15, 0.2) is 6.61 Å².